The maximum atomic E-state index is 5.39. The topological polar surface area (TPSA) is 27.6 Å². The average Bonchev–Trinajstić information content (AvgIpc) is 2.53. The molecule has 2 aromatic carbocycles. The van der Waals surface area contributed by atoms with Gasteiger partial charge in [-0.3, -0.25) is 0 Å². The zero-order valence-electron chi connectivity index (χ0n) is 12.1. The van der Waals surface area contributed by atoms with E-state index in [1.165, 1.54) is 5.56 Å². The average molecular weight is 297 g/mol. The molecule has 0 fully saturated rings. The van der Waals surface area contributed by atoms with Gasteiger partial charge in [0.15, 0.2) is 5.11 Å². The van der Waals surface area contributed by atoms with Gasteiger partial charge in [-0.25, -0.2) is 5.01 Å². The van der Waals surface area contributed by atoms with Crippen LogP contribution in [0.25, 0.3) is 0 Å². The number of hydrogen-bond donors (Lipinski definition) is 1. The van der Waals surface area contributed by atoms with Crippen molar-refractivity contribution in [1.29, 1.82) is 0 Å². The molecule has 21 heavy (non-hydrogen) atoms. The maximum Gasteiger partial charge on any atom is 0.189 e. The normalized spacial score (nSPS) is 10.5. The van der Waals surface area contributed by atoms with Gasteiger partial charge in [0.1, 0.15) is 0 Å². The molecule has 3 nitrogen and oxygen atoms in total. The molecule has 1 N–H and O–H groups in total. The molecular formula is C17H19N3S. The second kappa shape index (κ2) is 8.17. The first-order chi connectivity index (χ1) is 10.3. The Morgan fingerprint density at radius 3 is 2.33 bits per heavy atom. The Bertz CT molecular complexity index is 581. The summed E-state index contributed by atoms with van der Waals surface area (Å²) < 4.78 is 0. The summed E-state index contributed by atoms with van der Waals surface area (Å²) in [5.74, 6) is 0. The van der Waals surface area contributed by atoms with Crippen molar-refractivity contribution < 1.29 is 0 Å². The summed E-state index contributed by atoms with van der Waals surface area (Å²) in [6.07, 6.45) is 1.83. The van der Waals surface area contributed by atoms with Crippen LogP contribution in [0.4, 0.5) is 0 Å². The molecule has 0 saturated heterocycles. The van der Waals surface area contributed by atoms with E-state index < -0.39 is 0 Å². The summed E-state index contributed by atoms with van der Waals surface area (Å²) in [5, 5.41) is 10.1. The van der Waals surface area contributed by atoms with Gasteiger partial charge in [-0.15, -0.1) is 0 Å². The Kier molecular flexibility index (Phi) is 5.91. The lowest BCUT2D eigenvalue weighted by atomic mass is 10.2. The Morgan fingerprint density at radius 1 is 1.10 bits per heavy atom. The van der Waals surface area contributed by atoms with Crippen molar-refractivity contribution >= 4 is 23.5 Å². The highest BCUT2D eigenvalue weighted by Crippen LogP contribution is 2.06. The third-order valence-corrected chi connectivity index (χ3v) is 3.24. The van der Waals surface area contributed by atoms with Crippen LogP contribution in [0.3, 0.4) is 0 Å². The molecule has 0 aliphatic rings. The van der Waals surface area contributed by atoms with Gasteiger partial charge in [0.25, 0.3) is 0 Å². The lowest BCUT2D eigenvalue weighted by molar-refractivity contribution is 0.434. The monoisotopic (exact) mass is 297 g/mol. The van der Waals surface area contributed by atoms with Crippen LogP contribution < -0.4 is 5.32 Å². The minimum absolute atomic E-state index is 0.633. The molecule has 0 saturated carbocycles. The van der Waals surface area contributed by atoms with Gasteiger partial charge in [-0.1, -0.05) is 60.7 Å². The quantitative estimate of drug-likeness (QED) is 0.520. The van der Waals surface area contributed by atoms with E-state index in [9.17, 15) is 0 Å². The summed E-state index contributed by atoms with van der Waals surface area (Å²) in [6.45, 7) is 3.45. The standard InChI is InChI=1S/C17H19N3S/c1-2-18-17(21)20(14-16-11-7-4-8-12-16)19-13-15-9-5-3-6-10-15/h3-13H,2,14H2,1H3,(H,18,21)/b19-13-. The highest BCUT2D eigenvalue weighted by atomic mass is 32.1. The van der Waals surface area contributed by atoms with Crippen LogP contribution in [-0.4, -0.2) is 22.9 Å². The van der Waals surface area contributed by atoms with Crippen molar-refractivity contribution in [3.63, 3.8) is 0 Å². The highest BCUT2D eigenvalue weighted by molar-refractivity contribution is 7.80. The minimum atomic E-state index is 0.633. The van der Waals surface area contributed by atoms with Crippen molar-refractivity contribution in [2.45, 2.75) is 13.5 Å². The third-order valence-electron chi connectivity index (χ3n) is 2.88. The fourth-order valence-corrected chi connectivity index (χ4v) is 2.10. The smallest absolute Gasteiger partial charge is 0.189 e. The predicted octanol–water partition coefficient (Wildman–Crippen LogP) is 3.42. The van der Waals surface area contributed by atoms with Gasteiger partial charge >= 0.3 is 0 Å². The third kappa shape index (κ3) is 5.00. The van der Waals surface area contributed by atoms with Crippen LogP contribution in [0.5, 0.6) is 0 Å². The Hall–Kier alpha value is -2.20. The van der Waals surface area contributed by atoms with E-state index >= 15 is 0 Å². The highest BCUT2D eigenvalue weighted by Gasteiger charge is 2.07. The molecule has 0 radical (unpaired) electrons. The molecule has 0 heterocycles. The minimum Gasteiger partial charge on any atom is -0.361 e. The fraction of sp³-hybridized carbons (Fsp3) is 0.176. The lowest BCUT2D eigenvalue weighted by Crippen LogP contribution is -2.35. The summed E-state index contributed by atoms with van der Waals surface area (Å²) >= 11 is 5.39. The van der Waals surface area contributed by atoms with Crippen LogP contribution in [0.1, 0.15) is 18.1 Å². The molecule has 0 aliphatic carbocycles. The van der Waals surface area contributed by atoms with Gasteiger partial charge in [0.05, 0.1) is 12.8 Å². The molecule has 0 aromatic heterocycles. The van der Waals surface area contributed by atoms with Crippen LogP contribution in [0, 0.1) is 0 Å². The molecule has 0 unspecified atom stereocenters. The van der Waals surface area contributed by atoms with E-state index in [1.54, 1.807) is 5.01 Å². The summed E-state index contributed by atoms with van der Waals surface area (Å²) in [7, 11) is 0. The second-order valence-corrected chi connectivity index (χ2v) is 4.92. The number of benzene rings is 2. The van der Waals surface area contributed by atoms with E-state index in [0.29, 0.717) is 11.7 Å². The van der Waals surface area contributed by atoms with Gasteiger partial charge in [-0.2, -0.15) is 5.10 Å². The molecule has 0 amide bonds. The second-order valence-electron chi connectivity index (χ2n) is 4.53. The van der Waals surface area contributed by atoms with E-state index in [1.807, 2.05) is 61.7 Å². The van der Waals surface area contributed by atoms with Gasteiger partial charge < -0.3 is 5.32 Å². The summed E-state index contributed by atoms with van der Waals surface area (Å²) in [4.78, 5) is 0. The predicted molar refractivity (Wildman–Crippen MR) is 92.3 cm³/mol. The Balaban J connectivity index is 2.12. The van der Waals surface area contributed by atoms with Gasteiger partial charge in [0, 0.05) is 6.54 Å². The SMILES string of the molecule is CCNC(=S)N(Cc1ccccc1)/N=C\c1ccccc1. The first-order valence-corrected chi connectivity index (χ1v) is 7.38. The van der Waals surface area contributed by atoms with Crippen molar-refractivity contribution in [2.24, 2.45) is 5.10 Å². The van der Waals surface area contributed by atoms with E-state index in [-0.39, 0.29) is 0 Å². The van der Waals surface area contributed by atoms with Crippen molar-refractivity contribution in [3.8, 4) is 0 Å². The molecule has 0 aliphatic heterocycles. The van der Waals surface area contributed by atoms with Crippen LogP contribution >= 0.6 is 12.2 Å². The first kappa shape index (κ1) is 15.2. The molecule has 2 rings (SSSR count). The van der Waals surface area contributed by atoms with Crippen LogP contribution in [0.15, 0.2) is 65.8 Å². The molecule has 0 spiro atoms. The van der Waals surface area contributed by atoms with E-state index in [2.05, 4.69) is 22.6 Å². The number of hydrazone groups is 1. The summed E-state index contributed by atoms with van der Waals surface area (Å²) in [6, 6.07) is 20.2. The summed E-state index contributed by atoms with van der Waals surface area (Å²) in [5.41, 5.74) is 2.22. The van der Waals surface area contributed by atoms with Crippen LogP contribution in [-0.2, 0) is 6.54 Å². The first-order valence-electron chi connectivity index (χ1n) is 6.98. The van der Waals surface area contributed by atoms with Gasteiger partial charge in [-0.05, 0) is 30.3 Å². The van der Waals surface area contributed by atoms with Crippen molar-refractivity contribution in [1.82, 2.24) is 10.3 Å². The fourth-order valence-electron chi connectivity index (χ4n) is 1.84. The number of nitrogens with zero attached hydrogens (tertiary/aromatic N) is 2. The Morgan fingerprint density at radius 2 is 1.71 bits per heavy atom. The van der Waals surface area contributed by atoms with Gasteiger partial charge in [0.2, 0.25) is 0 Å². The molecule has 2 aromatic rings. The van der Waals surface area contributed by atoms with Crippen molar-refractivity contribution in [2.75, 3.05) is 6.54 Å². The zero-order chi connectivity index (χ0) is 14.9. The molecule has 0 bridgehead atoms. The zero-order valence-corrected chi connectivity index (χ0v) is 12.9. The lowest BCUT2D eigenvalue weighted by Gasteiger charge is -2.20. The van der Waals surface area contributed by atoms with Crippen molar-refractivity contribution in [3.05, 3.63) is 71.8 Å². The number of thiocarbonyl (C=S) groups is 1. The van der Waals surface area contributed by atoms with Crippen LogP contribution in [0.2, 0.25) is 0 Å². The van der Waals surface area contributed by atoms with E-state index in [4.69, 9.17) is 12.2 Å². The number of rotatable bonds is 5. The Labute approximate surface area is 131 Å². The van der Waals surface area contributed by atoms with E-state index in [0.717, 1.165) is 12.1 Å². The molecule has 4 heteroatoms. The molecular weight excluding hydrogens is 278 g/mol. The number of hydrogen-bond acceptors (Lipinski definition) is 2. The number of nitrogens with one attached hydrogen (secondary N) is 1. The molecule has 108 valence electrons. The largest absolute Gasteiger partial charge is 0.361 e. The maximum absolute atomic E-state index is 5.39. The molecule has 0 atom stereocenters.